The van der Waals surface area contributed by atoms with E-state index in [1.54, 1.807) is 11.3 Å². The number of nitrogens with zero attached hydrogens (tertiary/aromatic N) is 1. The smallest absolute Gasteiger partial charge is 0.304 e. The van der Waals surface area contributed by atoms with Gasteiger partial charge in [-0.15, -0.1) is 11.3 Å². The molecule has 2 rings (SSSR count). The molecule has 1 unspecified atom stereocenters. The second-order valence-corrected chi connectivity index (χ2v) is 7.91. The molecule has 142 valence electrons. The minimum Gasteiger partial charge on any atom is -0.493 e. The molecule has 2 aromatic rings. The molecule has 0 aliphatic heterocycles. The van der Waals surface area contributed by atoms with Crippen molar-refractivity contribution < 1.29 is 14.6 Å². The van der Waals surface area contributed by atoms with Crippen molar-refractivity contribution in [3.8, 4) is 5.75 Å². The van der Waals surface area contributed by atoms with E-state index in [1.165, 1.54) is 10.4 Å². The van der Waals surface area contributed by atoms with Gasteiger partial charge in [-0.1, -0.05) is 32.4 Å². The van der Waals surface area contributed by atoms with Crippen molar-refractivity contribution in [3.05, 3.63) is 51.7 Å². The number of hydrogen-bond donors (Lipinski definition) is 1. The van der Waals surface area contributed by atoms with Gasteiger partial charge in [-0.25, -0.2) is 0 Å². The fraction of sp³-hybridized carbons (Fsp3) is 0.476. The maximum atomic E-state index is 11.0. The third-order valence-corrected chi connectivity index (χ3v) is 5.38. The average molecular weight is 376 g/mol. The highest BCUT2D eigenvalue weighted by Gasteiger charge is 2.11. The number of carbonyl (C=O) groups is 1. The van der Waals surface area contributed by atoms with Crippen molar-refractivity contribution in [2.45, 2.75) is 46.7 Å². The molecule has 0 saturated heterocycles. The van der Waals surface area contributed by atoms with Crippen molar-refractivity contribution in [2.75, 3.05) is 13.2 Å². The first-order valence-corrected chi connectivity index (χ1v) is 10.0. The van der Waals surface area contributed by atoms with Gasteiger partial charge in [0.15, 0.2) is 0 Å². The minimum atomic E-state index is -0.761. The number of carboxylic acids is 1. The summed E-state index contributed by atoms with van der Waals surface area (Å²) in [7, 11) is 0. The van der Waals surface area contributed by atoms with Gasteiger partial charge in [-0.3, -0.25) is 9.69 Å². The van der Waals surface area contributed by atoms with Gasteiger partial charge in [0.25, 0.3) is 0 Å². The Balaban J connectivity index is 2.02. The Hall–Kier alpha value is -1.85. The normalized spacial score (nSPS) is 12.3. The number of aryl methyl sites for hydroxylation is 1. The van der Waals surface area contributed by atoms with Gasteiger partial charge < -0.3 is 9.84 Å². The predicted octanol–water partition coefficient (Wildman–Crippen LogP) is 4.96. The summed E-state index contributed by atoms with van der Waals surface area (Å²) in [6, 6.07) is 10.3. The lowest BCUT2D eigenvalue weighted by molar-refractivity contribution is -0.137. The zero-order valence-corrected chi connectivity index (χ0v) is 16.7. The summed E-state index contributed by atoms with van der Waals surface area (Å²) in [4.78, 5) is 14.4. The van der Waals surface area contributed by atoms with Crippen molar-refractivity contribution in [3.63, 3.8) is 0 Å². The fourth-order valence-corrected chi connectivity index (χ4v) is 3.53. The van der Waals surface area contributed by atoms with Gasteiger partial charge >= 0.3 is 5.97 Å². The Morgan fingerprint density at radius 3 is 2.77 bits per heavy atom. The lowest BCUT2D eigenvalue weighted by Crippen LogP contribution is -2.25. The molecule has 0 fully saturated rings. The summed E-state index contributed by atoms with van der Waals surface area (Å²) in [5.74, 6) is 0.656. The van der Waals surface area contributed by atoms with Crippen LogP contribution in [0.2, 0.25) is 0 Å². The quantitative estimate of drug-likeness (QED) is 0.603. The largest absolute Gasteiger partial charge is 0.493 e. The summed E-state index contributed by atoms with van der Waals surface area (Å²) >= 11 is 1.73. The molecule has 0 radical (unpaired) electrons. The number of ether oxygens (including phenoxy) is 1. The molecule has 4 nitrogen and oxygen atoms in total. The van der Waals surface area contributed by atoms with E-state index in [4.69, 9.17) is 9.84 Å². The van der Waals surface area contributed by atoms with Crippen LogP contribution in [0.15, 0.2) is 35.7 Å². The first-order valence-electron chi connectivity index (χ1n) is 9.16. The van der Waals surface area contributed by atoms with Crippen molar-refractivity contribution in [1.82, 2.24) is 4.90 Å². The molecular formula is C21H29NO3S. The third kappa shape index (κ3) is 7.18. The topological polar surface area (TPSA) is 49.8 Å². The molecule has 0 aliphatic carbocycles. The van der Waals surface area contributed by atoms with E-state index in [1.807, 2.05) is 12.1 Å². The number of aliphatic carboxylic acids is 1. The molecule has 0 spiro atoms. The molecule has 0 aliphatic rings. The summed E-state index contributed by atoms with van der Waals surface area (Å²) in [6.07, 6.45) is 1.25. The van der Waals surface area contributed by atoms with Gasteiger partial charge in [-0.05, 0) is 47.5 Å². The lowest BCUT2D eigenvalue weighted by atomic mass is 10.1. The molecule has 0 saturated carbocycles. The molecule has 1 aromatic heterocycles. The van der Waals surface area contributed by atoms with Crippen molar-refractivity contribution in [1.29, 1.82) is 0 Å². The number of hydrogen-bond acceptors (Lipinski definition) is 4. The minimum absolute atomic E-state index is 0.147. The zero-order chi connectivity index (χ0) is 18.9. The van der Waals surface area contributed by atoms with Crippen LogP contribution in [0.5, 0.6) is 5.75 Å². The SMILES string of the molecule is CCC(C)COc1cccc(CN(CCC(=O)O)Cc2cc(C)cs2)c1. The Kier molecular flexibility index (Phi) is 8.13. The summed E-state index contributed by atoms with van der Waals surface area (Å²) < 4.78 is 5.89. The average Bonchev–Trinajstić information content (AvgIpc) is 3.02. The Morgan fingerprint density at radius 2 is 2.12 bits per heavy atom. The third-order valence-electron chi connectivity index (χ3n) is 4.34. The van der Waals surface area contributed by atoms with E-state index >= 15 is 0 Å². The molecular weight excluding hydrogens is 346 g/mol. The van der Waals surface area contributed by atoms with E-state index in [9.17, 15) is 4.79 Å². The van der Waals surface area contributed by atoms with Crippen LogP contribution in [0, 0.1) is 12.8 Å². The first kappa shape index (κ1) is 20.5. The van der Waals surface area contributed by atoms with Gasteiger partial charge in [0.05, 0.1) is 13.0 Å². The van der Waals surface area contributed by atoms with Crippen LogP contribution in [-0.4, -0.2) is 29.1 Å². The van der Waals surface area contributed by atoms with Crippen LogP contribution in [-0.2, 0) is 17.9 Å². The number of thiophene rings is 1. The van der Waals surface area contributed by atoms with Crippen LogP contribution >= 0.6 is 11.3 Å². The second-order valence-electron chi connectivity index (χ2n) is 6.92. The van der Waals surface area contributed by atoms with Gasteiger partial charge in [0, 0.05) is 24.5 Å². The Morgan fingerprint density at radius 1 is 1.31 bits per heavy atom. The zero-order valence-electron chi connectivity index (χ0n) is 15.9. The standard InChI is InChI=1S/C21H29NO3S/c1-4-16(2)14-25-19-7-5-6-18(11-19)12-22(9-8-21(23)24)13-20-10-17(3)15-26-20/h5-7,10-11,15-16H,4,8-9,12-14H2,1-3H3,(H,23,24). The Bertz CT molecular complexity index is 698. The maximum absolute atomic E-state index is 11.0. The number of rotatable bonds is 11. The van der Waals surface area contributed by atoms with Crippen LogP contribution in [0.1, 0.15) is 42.7 Å². The monoisotopic (exact) mass is 375 g/mol. The fourth-order valence-electron chi connectivity index (χ4n) is 2.61. The van der Waals surface area contributed by atoms with Crippen molar-refractivity contribution in [2.24, 2.45) is 5.92 Å². The summed E-state index contributed by atoms with van der Waals surface area (Å²) in [5.41, 5.74) is 2.40. The lowest BCUT2D eigenvalue weighted by Gasteiger charge is -2.21. The van der Waals surface area contributed by atoms with Crippen LogP contribution in [0.25, 0.3) is 0 Å². The van der Waals surface area contributed by atoms with Gasteiger partial charge in [-0.2, -0.15) is 0 Å². The van der Waals surface area contributed by atoms with Gasteiger partial charge in [0.2, 0.25) is 0 Å². The van der Waals surface area contributed by atoms with Crippen LogP contribution < -0.4 is 4.74 Å². The molecule has 5 heteroatoms. The van der Waals surface area contributed by atoms with E-state index in [0.717, 1.165) is 30.9 Å². The van der Waals surface area contributed by atoms with Crippen molar-refractivity contribution >= 4 is 17.3 Å². The predicted molar refractivity (Wildman–Crippen MR) is 107 cm³/mol. The highest BCUT2D eigenvalue weighted by Crippen LogP contribution is 2.20. The molecule has 1 atom stereocenters. The molecule has 1 N–H and O–H groups in total. The molecule has 1 heterocycles. The number of benzene rings is 1. The van der Waals surface area contributed by atoms with Crippen LogP contribution in [0.4, 0.5) is 0 Å². The first-order chi connectivity index (χ1) is 12.5. The van der Waals surface area contributed by atoms with Gasteiger partial charge in [0.1, 0.15) is 5.75 Å². The summed E-state index contributed by atoms with van der Waals surface area (Å²) in [6.45, 7) is 9.16. The maximum Gasteiger partial charge on any atom is 0.304 e. The Labute approximate surface area is 160 Å². The van der Waals surface area contributed by atoms with E-state index in [0.29, 0.717) is 19.0 Å². The van der Waals surface area contributed by atoms with E-state index in [2.05, 4.69) is 49.3 Å². The highest BCUT2D eigenvalue weighted by atomic mass is 32.1. The number of carboxylic acid groups (broad SMARTS) is 1. The van der Waals surface area contributed by atoms with E-state index in [-0.39, 0.29) is 6.42 Å². The molecule has 26 heavy (non-hydrogen) atoms. The second kappa shape index (κ2) is 10.3. The molecule has 1 aromatic carbocycles. The molecule has 0 bridgehead atoms. The highest BCUT2D eigenvalue weighted by molar-refractivity contribution is 7.10. The molecule has 0 amide bonds. The van der Waals surface area contributed by atoms with E-state index < -0.39 is 5.97 Å². The van der Waals surface area contributed by atoms with Crippen LogP contribution in [0.3, 0.4) is 0 Å². The summed E-state index contributed by atoms with van der Waals surface area (Å²) in [5, 5.41) is 11.2.